The van der Waals surface area contributed by atoms with Crippen LogP contribution in [0.3, 0.4) is 0 Å². The van der Waals surface area contributed by atoms with Crippen LogP contribution in [0.2, 0.25) is 0 Å². The molecule has 0 saturated carbocycles. The van der Waals surface area contributed by atoms with E-state index in [-0.39, 0.29) is 0 Å². The van der Waals surface area contributed by atoms with Crippen LogP contribution in [0.25, 0.3) is 0 Å². The molecular formula is C10H21NO. The summed E-state index contributed by atoms with van der Waals surface area (Å²) in [6.07, 6.45) is 4.13. The summed E-state index contributed by atoms with van der Waals surface area (Å²) in [7, 11) is 4.04. The van der Waals surface area contributed by atoms with E-state index in [4.69, 9.17) is 4.74 Å². The maximum Gasteiger partial charge on any atom is 0.0586 e. The van der Waals surface area contributed by atoms with Crippen LogP contribution in [0, 0.1) is 0 Å². The van der Waals surface area contributed by atoms with Gasteiger partial charge in [-0.05, 0) is 40.2 Å². The minimum absolute atomic E-state index is 0.479. The van der Waals surface area contributed by atoms with Gasteiger partial charge in [-0.25, -0.2) is 0 Å². The van der Waals surface area contributed by atoms with Gasteiger partial charge in [0.15, 0.2) is 0 Å². The van der Waals surface area contributed by atoms with Crippen LogP contribution >= 0.6 is 0 Å². The fourth-order valence-corrected chi connectivity index (χ4v) is 1.94. The Morgan fingerprint density at radius 1 is 1.17 bits per heavy atom. The van der Waals surface area contributed by atoms with E-state index in [1.54, 1.807) is 0 Å². The Morgan fingerprint density at radius 2 is 1.83 bits per heavy atom. The van der Waals surface area contributed by atoms with Gasteiger partial charge in [0.05, 0.1) is 6.10 Å². The molecule has 3 unspecified atom stereocenters. The van der Waals surface area contributed by atoms with Gasteiger partial charge in [-0.3, -0.25) is 0 Å². The maximum atomic E-state index is 5.41. The zero-order valence-corrected chi connectivity index (χ0v) is 8.71. The lowest BCUT2D eigenvalue weighted by atomic mass is 10.1. The topological polar surface area (TPSA) is 12.5 Å². The van der Waals surface area contributed by atoms with Crippen molar-refractivity contribution in [1.29, 1.82) is 0 Å². The molecule has 1 aliphatic heterocycles. The lowest BCUT2D eigenvalue weighted by Crippen LogP contribution is -2.35. The van der Waals surface area contributed by atoms with Crippen LogP contribution < -0.4 is 0 Å². The third kappa shape index (κ3) is 2.20. The lowest BCUT2D eigenvalue weighted by molar-refractivity contribution is 0.0796. The van der Waals surface area contributed by atoms with E-state index in [0.717, 1.165) is 0 Å². The zero-order chi connectivity index (χ0) is 9.14. The molecule has 2 heteroatoms. The van der Waals surface area contributed by atoms with Crippen molar-refractivity contribution in [2.45, 2.75) is 51.3 Å². The SMILES string of the molecule is COC1CCC(C)N(C)C(C)C1. The van der Waals surface area contributed by atoms with Crippen LogP contribution in [0.15, 0.2) is 0 Å². The Balaban J connectivity index is 2.53. The van der Waals surface area contributed by atoms with Crippen LogP contribution in [0.1, 0.15) is 33.1 Å². The Bertz CT molecular complexity index is 138. The summed E-state index contributed by atoms with van der Waals surface area (Å²) < 4.78 is 5.41. The van der Waals surface area contributed by atoms with E-state index >= 15 is 0 Å². The van der Waals surface area contributed by atoms with Crippen molar-refractivity contribution < 1.29 is 4.74 Å². The molecule has 0 aromatic rings. The molecule has 1 heterocycles. The molecule has 12 heavy (non-hydrogen) atoms. The highest BCUT2D eigenvalue weighted by molar-refractivity contribution is 4.79. The molecule has 0 aromatic heterocycles. The monoisotopic (exact) mass is 171 g/mol. The van der Waals surface area contributed by atoms with Gasteiger partial charge in [-0.2, -0.15) is 0 Å². The number of likely N-dealkylation sites (tertiary alicyclic amines) is 1. The molecule has 0 spiro atoms. The molecule has 1 rings (SSSR count). The summed E-state index contributed by atoms with van der Waals surface area (Å²) in [5.74, 6) is 0. The second-order valence-electron chi connectivity index (χ2n) is 4.03. The van der Waals surface area contributed by atoms with Crippen molar-refractivity contribution in [2.24, 2.45) is 0 Å². The summed E-state index contributed by atoms with van der Waals surface area (Å²) in [5.41, 5.74) is 0. The first-order valence-corrected chi connectivity index (χ1v) is 4.90. The molecule has 0 bridgehead atoms. The molecule has 0 N–H and O–H groups in total. The molecule has 0 aromatic carbocycles. The predicted octanol–water partition coefficient (Wildman–Crippen LogP) is 1.89. The van der Waals surface area contributed by atoms with Crippen molar-refractivity contribution in [3.05, 3.63) is 0 Å². The van der Waals surface area contributed by atoms with Crippen molar-refractivity contribution in [3.8, 4) is 0 Å². The normalized spacial score (nSPS) is 39.5. The minimum atomic E-state index is 0.479. The highest BCUT2D eigenvalue weighted by Crippen LogP contribution is 2.21. The largest absolute Gasteiger partial charge is 0.381 e. The second kappa shape index (κ2) is 4.24. The van der Waals surface area contributed by atoms with E-state index in [1.165, 1.54) is 19.3 Å². The Hall–Kier alpha value is -0.0800. The van der Waals surface area contributed by atoms with E-state index in [0.29, 0.717) is 18.2 Å². The first-order chi connectivity index (χ1) is 5.65. The van der Waals surface area contributed by atoms with Crippen LogP contribution in [-0.4, -0.2) is 37.2 Å². The minimum Gasteiger partial charge on any atom is -0.381 e. The van der Waals surface area contributed by atoms with Gasteiger partial charge >= 0.3 is 0 Å². The molecule has 0 radical (unpaired) electrons. The number of methoxy groups -OCH3 is 1. The van der Waals surface area contributed by atoms with E-state index in [2.05, 4.69) is 25.8 Å². The van der Waals surface area contributed by atoms with Gasteiger partial charge in [0.2, 0.25) is 0 Å². The molecule has 3 atom stereocenters. The standard InChI is InChI=1S/C10H21NO/c1-8-5-6-10(12-4)7-9(2)11(8)3/h8-10H,5-7H2,1-4H3. The first-order valence-electron chi connectivity index (χ1n) is 4.90. The van der Waals surface area contributed by atoms with Gasteiger partial charge < -0.3 is 9.64 Å². The highest BCUT2D eigenvalue weighted by Gasteiger charge is 2.24. The van der Waals surface area contributed by atoms with Gasteiger partial charge in [-0.15, -0.1) is 0 Å². The number of hydrogen-bond donors (Lipinski definition) is 0. The van der Waals surface area contributed by atoms with E-state index in [9.17, 15) is 0 Å². The zero-order valence-electron chi connectivity index (χ0n) is 8.71. The maximum absolute atomic E-state index is 5.41. The molecule has 1 aliphatic rings. The van der Waals surface area contributed by atoms with Gasteiger partial charge in [-0.1, -0.05) is 0 Å². The Morgan fingerprint density at radius 3 is 2.42 bits per heavy atom. The van der Waals surface area contributed by atoms with E-state index < -0.39 is 0 Å². The summed E-state index contributed by atoms with van der Waals surface area (Å²) in [6.45, 7) is 4.59. The van der Waals surface area contributed by atoms with Crippen molar-refractivity contribution >= 4 is 0 Å². The van der Waals surface area contributed by atoms with Crippen LogP contribution in [0.4, 0.5) is 0 Å². The van der Waals surface area contributed by atoms with Crippen molar-refractivity contribution in [3.63, 3.8) is 0 Å². The van der Waals surface area contributed by atoms with Crippen LogP contribution in [-0.2, 0) is 4.74 Å². The third-order valence-electron chi connectivity index (χ3n) is 3.23. The summed E-state index contributed by atoms with van der Waals surface area (Å²) in [6, 6.07) is 1.37. The van der Waals surface area contributed by atoms with Gasteiger partial charge in [0.25, 0.3) is 0 Å². The summed E-state index contributed by atoms with van der Waals surface area (Å²) in [4.78, 5) is 2.46. The quantitative estimate of drug-likeness (QED) is 0.597. The Labute approximate surface area is 75.9 Å². The lowest BCUT2D eigenvalue weighted by Gasteiger charge is -2.27. The molecule has 1 fully saturated rings. The average Bonchev–Trinajstić information content (AvgIpc) is 2.19. The molecule has 0 amide bonds. The highest BCUT2D eigenvalue weighted by atomic mass is 16.5. The average molecular weight is 171 g/mol. The number of ether oxygens (including phenoxy) is 1. The Kier molecular flexibility index (Phi) is 3.53. The predicted molar refractivity (Wildman–Crippen MR) is 51.3 cm³/mol. The van der Waals surface area contributed by atoms with Crippen molar-refractivity contribution in [2.75, 3.05) is 14.2 Å². The number of nitrogens with zero attached hydrogens (tertiary/aromatic N) is 1. The number of hydrogen-bond acceptors (Lipinski definition) is 2. The number of rotatable bonds is 1. The summed E-state index contributed by atoms with van der Waals surface area (Å²) >= 11 is 0. The summed E-state index contributed by atoms with van der Waals surface area (Å²) in [5, 5.41) is 0. The molecule has 0 aliphatic carbocycles. The third-order valence-corrected chi connectivity index (χ3v) is 3.23. The molecule has 2 nitrogen and oxygen atoms in total. The van der Waals surface area contributed by atoms with Crippen LogP contribution in [0.5, 0.6) is 0 Å². The second-order valence-corrected chi connectivity index (χ2v) is 4.03. The first kappa shape index (κ1) is 10.0. The molecular weight excluding hydrogens is 150 g/mol. The molecule has 1 saturated heterocycles. The van der Waals surface area contributed by atoms with Gasteiger partial charge in [0, 0.05) is 19.2 Å². The fraction of sp³-hybridized carbons (Fsp3) is 1.00. The molecule has 72 valence electrons. The van der Waals surface area contributed by atoms with Crippen molar-refractivity contribution in [1.82, 2.24) is 4.90 Å². The fourth-order valence-electron chi connectivity index (χ4n) is 1.94. The smallest absolute Gasteiger partial charge is 0.0586 e. The van der Waals surface area contributed by atoms with E-state index in [1.807, 2.05) is 7.11 Å². The van der Waals surface area contributed by atoms with Gasteiger partial charge in [0.1, 0.15) is 0 Å².